The fourth-order valence-corrected chi connectivity index (χ4v) is 2.41. The van der Waals surface area contributed by atoms with E-state index in [1.54, 1.807) is 42.5 Å². The van der Waals surface area contributed by atoms with Crippen molar-refractivity contribution >= 4 is 21.9 Å². The van der Waals surface area contributed by atoms with Gasteiger partial charge in [-0.1, -0.05) is 0 Å². The molecular formula is C18H10O6. The molecule has 2 aromatic carbocycles. The minimum absolute atomic E-state index is 0.0484. The SMILES string of the molecule is O=c1ccc2ccc(Oc3ccc4ccc(=O)oc4c3O)cc2o1. The Morgan fingerprint density at radius 1 is 0.792 bits per heavy atom. The Hall–Kier alpha value is -3.54. The fraction of sp³-hybridized carbons (Fsp3) is 0. The first-order valence-electron chi connectivity index (χ1n) is 7.08. The maximum Gasteiger partial charge on any atom is 0.336 e. The van der Waals surface area contributed by atoms with Crippen LogP contribution < -0.4 is 16.0 Å². The summed E-state index contributed by atoms with van der Waals surface area (Å²) in [6, 6.07) is 14.0. The number of aromatic hydroxyl groups is 1. The van der Waals surface area contributed by atoms with Crippen LogP contribution in [0.1, 0.15) is 0 Å². The normalized spacial score (nSPS) is 11.0. The molecule has 1 N–H and O–H groups in total. The second-order valence-electron chi connectivity index (χ2n) is 5.14. The van der Waals surface area contributed by atoms with Crippen molar-refractivity contribution in [1.82, 2.24) is 0 Å². The highest BCUT2D eigenvalue weighted by Crippen LogP contribution is 2.37. The van der Waals surface area contributed by atoms with Gasteiger partial charge in [0.25, 0.3) is 0 Å². The summed E-state index contributed by atoms with van der Waals surface area (Å²) >= 11 is 0. The lowest BCUT2D eigenvalue weighted by molar-refractivity contribution is 0.404. The molecule has 6 nitrogen and oxygen atoms in total. The second kappa shape index (κ2) is 5.27. The third-order valence-electron chi connectivity index (χ3n) is 3.55. The fourth-order valence-electron chi connectivity index (χ4n) is 2.41. The van der Waals surface area contributed by atoms with E-state index in [2.05, 4.69) is 0 Å². The van der Waals surface area contributed by atoms with Crippen LogP contribution in [-0.4, -0.2) is 5.11 Å². The summed E-state index contributed by atoms with van der Waals surface area (Å²) < 4.78 is 15.7. The predicted molar refractivity (Wildman–Crippen MR) is 86.7 cm³/mol. The van der Waals surface area contributed by atoms with E-state index in [0.29, 0.717) is 16.7 Å². The molecule has 0 aliphatic heterocycles. The Morgan fingerprint density at radius 3 is 2.29 bits per heavy atom. The largest absolute Gasteiger partial charge is 0.502 e. The second-order valence-corrected chi connectivity index (χ2v) is 5.14. The molecule has 0 amide bonds. The molecule has 0 bridgehead atoms. The van der Waals surface area contributed by atoms with Crippen molar-refractivity contribution in [3.63, 3.8) is 0 Å². The number of ether oxygens (including phenoxy) is 1. The summed E-state index contributed by atoms with van der Waals surface area (Å²) in [5.41, 5.74) is -0.614. The van der Waals surface area contributed by atoms with Crippen molar-refractivity contribution in [3.8, 4) is 17.2 Å². The van der Waals surface area contributed by atoms with Gasteiger partial charge in [-0.3, -0.25) is 0 Å². The first-order valence-corrected chi connectivity index (χ1v) is 7.08. The molecule has 0 unspecified atom stereocenters. The molecule has 0 radical (unpaired) electrons. The van der Waals surface area contributed by atoms with Gasteiger partial charge in [0.05, 0.1) is 0 Å². The van der Waals surface area contributed by atoms with Gasteiger partial charge in [0.15, 0.2) is 11.3 Å². The van der Waals surface area contributed by atoms with Crippen LogP contribution in [-0.2, 0) is 0 Å². The number of hydrogen-bond donors (Lipinski definition) is 1. The number of benzene rings is 2. The molecule has 0 aliphatic carbocycles. The summed E-state index contributed by atoms with van der Waals surface area (Å²) in [6.07, 6.45) is 0. The highest BCUT2D eigenvalue weighted by atomic mass is 16.5. The summed E-state index contributed by atoms with van der Waals surface area (Å²) in [4.78, 5) is 22.6. The van der Waals surface area contributed by atoms with Gasteiger partial charge in [-0.25, -0.2) is 9.59 Å². The number of rotatable bonds is 2. The summed E-state index contributed by atoms with van der Waals surface area (Å²) in [7, 11) is 0. The van der Waals surface area contributed by atoms with E-state index in [4.69, 9.17) is 13.6 Å². The molecule has 2 aromatic heterocycles. The van der Waals surface area contributed by atoms with Gasteiger partial charge < -0.3 is 18.7 Å². The van der Waals surface area contributed by atoms with Gasteiger partial charge in [0.1, 0.15) is 11.3 Å². The molecule has 6 heteroatoms. The van der Waals surface area contributed by atoms with Gasteiger partial charge in [0.2, 0.25) is 5.75 Å². The average molecular weight is 322 g/mol. The van der Waals surface area contributed by atoms with Crippen LogP contribution >= 0.6 is 0 Å². The zero-order chi connectivity index (χ0) is 16.7. The molecule has 0 aliphatic rings. The van der Waals surface area contributed by atoms with Crippen LogP contribution in [0.15, 0.2) is 73.0 Å². The molecule has 4 aromatic rings. The zero-order valence-electron chi connectivity index (χ0n) is 12.2. The monoisotopic (exact) mass is 322 g/mol. The number of phenolic OH excluding ortho intramolecular Hbond substituents is 1. The van der Waals surface area contributed by atoms with E-state index in [0.717, 1.165) is 5.39 Å². The number of phenols is 1. The van der Waals surface area contributed by atoms with Gasteiger partial charge in [-0.05, 0) is 36.4 Å². The molecule has 0 spiro atoms. The summed E-state index contributed by atoms with van der Waals surface area (Å²) in [6.45, 7) is 0. The Labute approximate surface area is 134 Å². The predicted octanol–water partition coefficient (Wildman–Crippen LogP) is 3.40. The molecular weight excluding hydrogens is 312 g/mol. The van der Waals surface area contributed by atoms with Crippen LogP contribution in [0.3, 0.4) is 0 Å². The Morgan fingerprint density at radius 2 is 1.46 bits per heavy atom. The van der Waals surface area contributed by atoms with E-state index >= 15 is 0 Å². The Kier molecular flexibility index (Phi) is 3.09. The van der Waals surface area contributed by atoms with Gasteiger partial charge in [-0.15, -0.1) is 0 Å². The summed E-state index contributed by atoms with van der Waals surface area (Å²) in [5, 5.41) is 11.6. The minimum Gasteiger partial charge on any atom is -0.502 e. The average Bonchev–Trinajstić information content (AvgIpc) is 2.57. The van der Waals surface area contributed by atoms with Crippen LogP contribution in [0.4, 0.5) is 0 Å². The lowest BCUT2D eigenvalue weighted by Gasteiger charge is -2.09. The third-order valence-corrected chi connectivity index (χ3v) is 3.55. The first-order chi connectivity index (χ1) is 11.6. The van der Waals surface area contributed by atoms with Crippen molar-refractivity contribution in [3.05, 3.63) is 75.4 Å². The van der Waals surface area contributed by atoms with Crippen molar-refractivity contribution in [2.24, 2.45) is 0 Å². The van der Waals surface area contributed by atoms with Crippen molar-refractivity contribution in [2.75, 3.05) is 0 Å². The van der Waals surface area contributed by atoms with E-state index in [-0.39, 0.29) is 17.1 Å². The quantitative estimate of drug-likeness (QED) is 0.569. The Bertz CT molecular complexity index is 1190. The van der Waals surface area contributed by atoms with E-state index < -0.39 is 11.3 Å². The maximum atomic E-state index is 11.3. The number of hydrogen-bond acceptors (Lipinski definition) is 6. The van der Waals surface area contributed by atoms with Crippen molar-refractivity contribution in [2.45, 2.75) is 0 Å². The molecule has 0 fully saturated rings. The number of fused-ring (bicyclic) bond motifs is 2. The van der Waals surface area contributed by atoms with Crippen LogP contribution in [0, 0.1) is 0 Å². The van der Waals surface area contributed by atoms with Crippen LogP contribution in [0.5, 0.6) is 17.2 Å². The van der Waals surface area contributed by atoms with Crippen LogP contribution in [0.2, 0.25) is 0 Å². The molecule has 24 heavy (non-hydrogen) atoms. The lowest BCUT2D eigenvalue weighted by Crippen LogP contribution is -1.96. The van der Waals surface area contributed by atoms with E-state index in [9.17, 15) is 14.7 Å². The van der Waals surface area contributed by atoms with Crippen molar-refractivity contribution in [1.29, 1.82) is 0 Å². The van der Waals surface area contributed by atoms with E-state index in [1.165, 1.54) is 12.1 Å². The van der Waals surface area contributed by atoms with Gasteiger partial charge >= 0.3 is 11.3 Å². The highest BCUT2D eigenvalue weighted by Gasteiger charge is 2.12. The third kappa shape index (κ3) is 2.40. The molecule has 0 atom stereocenters. The highest BCUT2D eigenvalue weighted by molar-refractivity contribution is 5.85. The molecule has 0 saturated carbocycles. The summed E-state index contributed by atoms with van der Waals surface area (Å²) in [5.74, 6) is 0.207. The lowest BCUT2D eigenvalue weighted by atomic mass is 10.2. The topological polar surface area (TPSA) is 89.9 Å². The molecule has 2 heterocycles. The van der Waals surface area contributed by atoms with E-state index in [1.807, 2.05) is 0 Å². The molecule has 118 valence electrons. The minimum atomic E-state index is -0.567. The maximum absolute atomic E-state index is 11.3. The zero-order valence-corrected chi connectivity index (χ0v) is 12.2. The van der Waals surface area contributed by atoms with Gasteiger partial charge in [0, 0.05) is 29.0 Å². The first kappa shape index (κ1) is 14.1. The van der Waals surface area contributed by atoms with Crippen molar-refractivity contribution < 1.29 is 18.7 Å². The smallest absolute Gasteiger partial charge is 0.336 e. The van der Waals surface area contributed by atoms with Gasteiger partial charge in [-0.2, -0.15) is 0 Å². The molecule has 0 saturated heterocycles. The molecule has 4 rings (SSSR count). The van der Waals surface area contributed by atoms with Crippen LogP contribution in [0.25, 0.3) is 21.9 Å². The Balaban J connectivity index is 1.80. The standard InChI is InChI=1S/C18H10O6/c19-15-7-3-10-1-5-12(9-14(10)23-15)22-13-6-2-11-4-8-16(20)24-18(11)17(13)21/h1-9,21H.